The molecule has 0 aromatic heterocycles. The van der Waals surface area contributed by atoms with Crippen molar-refractivity contribution >= 4 is 13.8 Å². The van der Waals surface area contributed by atoms with E-state index in [1.165, 1.54) is 0 Å². The van der Waals surface area contributed by atoms with Crippen molar-refractivity contribution < 1.29 is 56.4 Å². The van der Waals surface area contributed by atoms with E-state index < -0.39 is 42.6 Å². The summed E-state index contributed by atoms with van der Waals surface area (Å²) >= 11 is 0. The van der Waals surface area contributed by atoms with E-state index in [1.54, 1.807) is 9.48 Å². The first-order valence-corrected chi connectivity index (χ1v) is 10.6. The molecule has 1 aromatic carbocycles. The number of nitrogens with zero attached hydrogens (tertiary/aromatic N) is 2. The van der Waals surface area contributed by atoms with E-state index in [4.69, 9.17) is 4.74 Å². The van der Waals surface area contributed by atoms with Gasteiger partial charge in [0, 0.05) is 0 Å². The summed E-state index contributed by atoms with van der Waals surface area (Å²) in [4.78, 5) is 1.78. The van der Waals surface area contributed by atoms with E-state index in [0.29, 0.717) is 26.2 Å². The van der Waals surface area contributed by atoms with Crippen LogP contribution in [-0.2, 0) is 0 Å². The maximum atomic E-state index is 13.8. The van der Waals surface area contributed by atoms with Gasteiger partial charge in [-0.25, -0.2) is 22.6 Å². The van der Waals surface area contributed by atoms with Crippen LogP contribution in [0.3, 0.4) is 0 Å². The van der Waals surface area contributed by atoms with Gasteiger partial charge in [-0.15, -0.1) is 0 Å². The number of halogens is 11. The van der Waals surface area contributed by atoms with Crippen LogP contribution in [0.25, 0.3) is 0 Å². The van der Waals surface area contributed by atoms with Crippen LogP contribution in [0.1, 0.15) is 25.7 Å². The van der Waals surface area contributed by atoms with Gasteiger partial charge in [0.15, 0.2) is 0 Å². The van der Waals surface area contributed by atoms with E-state index in [2.05, 4.69) is 0 Å². The van der Waals surface area contributed by atoms with Gasteiger partial charge < -0.3 is 4.74 Å². The third-order valence-corrected chi connectivity index (χ3v) is 4.12. The van der Waals surface area contributed by atoms with Crippen molar-refractivity contribution in [2.75, 3.05) is 26.2 Å². The predicted octanol–water partition coefficient (Wildman–Crippen LogP) is 6.40. The van der Waals surface area contributed by atoms with Crippen LogP contribution in [0.5, 0.6) is 5.75 Å². The molecule has 0 bridgehead atoms. The van der Waals surface area contributed by atoms with E-state index in [-0.39, 0.29) is 6.02 Å². The van der Waals surface area contributed by atoms with Crippen LogP contribution in [0, 0.1) is 29.1 Å². The summed E-state index contributed by atoms with van der Waals surface area (Å²) in [6, 6.07) is 0.170. The van der Waals surface area contributed by atoms with Crippen LogP contribution in [-0.4, -0.2) is 41.7 Å². The second kappa shape index (κ2) is 7.69. The summed E-state index contributed by atoms with van der Waals surface area (Å²) in [7, 11) is -10.7. The fourth-order valence-electron chi connectivity index (χ4n) is 2.91. The summed E-state index contributed by atoms with van der Waals surface area (Å²) in [6.45, 7) is 2.50. The Balaban J connectivity index is 0.000000396. The topological polar surface area (TPSA) is 15.5 Å². The SMILES string of the molecule is F[P-](F)(F)(F)(F)F.Fc1c(F)c(F)c(OC(N2CCCC2)=[N+]2CCCC2)c(F)c1F. The maximum absolute atomic E-state index is 13.8. The van der Waals surface area contributed by atoms with Gasteiger partial charge in [-0.1, -0.05) is 0 Å². The van der Waals surface area contributed by atoms with Crippen LogP contribution in [0.4, 0.5) is 47.1 Å². The summed E-state index contributed by atoms with van der Waals surface area (Å²) in [6.07, 6.45) is 3.55. The van der Waals surface area contributed by atoms with E-state index >= 15 is 0 Å². The molecule has 0 spiro atoms. The Morgan fingerprint density at radius 3 is 1.43 bits per heavy atom. The normalized spacial score (nSPS) is 19.2. The number of rotatable bonds is 1. The third kappa shape index (κ3) is 7.13. The molecule has 2 fully saturated rings. The van der Waals surface area contributed by atoms with Crippen molar-refractivity contribution in [3.05, 3.63) is 29.1 Å². The molecule has 0 atom stereocenters. The Labute approximate surface area is 162 Å². The third-order valence-electron chi connectivity index (χ3n) is 4.12. The molecule has 0 N–H and O–H groups in total. The Morgan fingerprint density at radius 2 is 1.03 bits per heavy atom. The zero-order valence-corrected chi connectivity index (χ0v) is 16.0. The van der Waals surface area contributed by atoms with Gasteiger partial charge in [-0.2, -0.15) is 8.78 Å². The number of hydrogen-bond acceptors (Lipinski definition) is 1. The predicted molar refractivity (Wildman–Crippen MR) is 85.5 cm³/mol. The van der Waals surface area contributed by atoms with E-state index in [0.717, 1.165) is 25.7 Å². The molecule has 2 heterocycles. The molecule has 0 saturated carbocycles. The molecular formula is C15H16F11N2OP. The largest absolute Gasteiger partial charge is 0.451 e. The van der Waals surface area contributed by atoms with Crippen molar-refractivity contribution in [1.29, 1.82) is 0 Å². The molecule has 3 nitrogen and oxygen atoms in total. The van der Waals surface area contributed by atoms with Crippen LogP contribution >= 0.6 is 7.81 Å². The van der Waals surface area contributed by atoms with Gasteiger partial charge >= 0.3 is 39.0 Å². The van der Waals surface area contributed by atoms with Crippen molar-refractivity contribution in [1.82, 2.24) is 4.90 Å². The summed E-state index contributed by atoms with van der Waals surface area (Å²) < 4.78 is 134. The van der Waals surface area contributed by atoms with Gasteiger partial charge in [0.1, 0.15) is 0 Å². The van der Waals surface area contributed by atoms with Gasteiger partial charge in [-0.3, -0.25) is 0 Å². The first-order chi connectivity index (χ1) is 13.5. The molecule has 3 rings (SSSR count). The first kappa shape index (κ1) is 24.4. The van der Waals surface area contributed by atoms with E-state index in [1.807, 2.05) is 0 Å². The number of benzene rings is 1. The average molecular weight is 480 g/mol. The number of likely N-dealkylation sites (tertiary alicyclic amines) is 1. The zero-order valence-electron chi connectivity index (χ0n) is 15.1. The van der Waals surface area contributed by atoms with Gasteiger partial charge in [-0.05, 0) is 25.7 Å². The van der Waals surface area contributed by atoms with Crippen molar-refractivity contribution in [2.45, 2.75) is 25.7 Å². The van der Waals surface area contributed by atoms with Gasteiger partial charge in [0.05, 0.1) is 26.2 Å². The molecule has 1 aromatic rings. The van der Waals surface area contributed by atoms with Crippen LogP contribution in [0.15, 0.2) is 0 Å². The Hall–Kier alpha value is -1.85. The van der Waals surface area contributed by atoms with Crippen LogP contribution < -0.4 is 4.74 Å². The number of ether oxygens (including phenoxy) is 1. The molecule has 2 saturated heterocycles. The fraction of sp³-hybridized carbons (Fsp3) is 0.533. The molecule has 30 heavy (non-hydrogen) atoms. The fourth-order valence-corrected chi connectivity index (χ4v) is 2.91. The minimum Gasteiger partial charge on any atom is -0.386 e. The minimum absolute atomic E-state index is 0.170. The van der Waals surface area contributed by atoms with Crippen molar-refractivity contribution in [3.8, 4) is 5.75 Å². The second-order valence-electron chi connectivity index (χ2n) is 6.63. The van der Waals surface area contributed by atoms with Crippen LogP contribution in [0.2, 0.25) is 0 Å². The van der Waals surface area contributed by atoms with E-state index in [9.17, 15) is 47.1 Å². The maximum Gasteiger partial charge on any atom is 0.451 e. The molecule has 0 amide bonds. The molecular weight excluding hydrogens is 464 g/mol. The quantitative estimate of drug-likeness (QED) is 0.115. The average Bonchev–Trinajstić information content (AvgIpc) is 3.29. The van der Waals surface area contributed by atoms with Gasteiger partial charge in [0.25, 0.3) is 0 Å². The molecule has 0 unspecified atom stereocenters. The van der Waals surface area contributed by atoms with Gasteiger partial charge in [0.2, 0.25) is 34.8 Å². The minimum atomic E-state index is -10.7. The molecule has 2 aliphatic heterocycles. The summed E-state index contributed by atoms with van der Waals surface area (Å²) in [5.74, 6) is -11.3. The number of amidine groups is 1. The molecule has 0 radical (unpaired) electrons. The standard InChI is InChI=1S/C15H16F5N2O.F6P/c16-9-10(17)12(19)14(13(20)11(9)18)23-15(21-5-1-2-6-21)22-7-3-4-8-22;1-7(2,3,4,5)6/h1-8H2;/q+1;-1. The van der Waals surface area contributed by atoms with Crippen molar-refractivity contribution in [2.24, 2.45) is 0 Å². The van der Waals surface area contributed by atoms with Crippen molar-refractivity contribution in [3.63, 3.8) is 0 Å². The molecule has 0 aliphatic carbocycles. The zero-order chi connectivity index (χ0) is 23.0. The smallest absolute Gasteiger partial charge is 0.386 e. The first-order valence-electron chi connectivity index (χ1n) is 8.58. The second-order valence-corrected chi connectivity index (χ2v) is 8.55. The monoisotopic (exact) mass is 480 g/mol. The Kier molecular flexibility index (Phi) is 6.26. The Bertz CT molecular complexity index is 800. The molecule has 174 valence electrons. The molecule has 2 aliphatic rings. The Morgan fingerprint density at radius 1 is 0.667 bits per heavy atom. The summed E-state index contributed by atoms with van der Waals surface area (Å²) in [5.41, 5.74) is 0. The molecule has 15 heteroatoms. The number of hydrogen-bond donors (Lipinski definition) is 0. The summed E-state index contributed by atoms with van der Waals surface area (Å²) in [5, 5.41) is 0.